The number of nitrogens with zero attached hydrogens (tertiary/aromatic N) is 3. The molecule has 1 aromatic heterocycles. The molecule has 2 heterocycles. The molecule has 0 saturated carbocycles. The third-order valence-electron chi connectivity index (χ3n) is 6.43. The number of piperidine rings is 1. The Kier molecular flexibility index (Phi) is 6.92. The molecule has 0 spiro atoms. The van der Waals surface area contributed by atoms with Gasteiger partial charge in [-0.25, -0.2) is 0 Å². The van der Waals surface area contributed by atoms with Crippen LogP contribution < -0.4 is 15.0 Å². The number of aryl methyl sites for hydroxylation is 1. The monoisotopic (exact) mass is 444 g/mol. The summed E-state index contributed by atoms with van der Waals surface area (Å²) < 4.78 is 5.89. The second-order valence-corrected chi connectivity index (χ2v) is 8.97. The molecule has 1 atom stereocenters. The van der Waals surface area contributed by atoms with Crippen LogP contribution in [0, 0.1) is 19.8 Å². The highest BCUT2D eigenvalue weighted by atomic mass is 16.5. The Morgan fingerprint density at radius 2 is 1.76 bits per heavy atom. The van der Waals surface area contributed by atoms with E-state index in [2.05, 4.69) is 27.3 Å². The molecule has 1 N–H and O–H groups in total. The number of ether oxygens (including phenoxy) is 1. The maximum absolute atomic E-state index is 12.6. The van der Waals surface area contributed by atoms with E-state index in [1.807, 2.05) is 68.4 Å². The first-order valence-electron chi connectivity index (χ1n) is 11.6. The molecule has 1 saturated heterocycles. The van der Waals surface area contributed by atoms with Crippen molar-refractivity contribution in [1.82, 2.24) is 10.2 Å². The highest BCUT2D eigenvalue weighted by Crippen LogP contribution is 2.25. The molecule has 0 bridgehead atoms. The van der Waals surface area contributed by atoms with Crippen LogP contribution in [0.25, 0.3) is 11.3 Å². The summed E-state index contributed by atoms with van der Waals surface area (Å²) in [4.78, 5) is 14.9. The van der Waals surface area contributed by atoms with Gasteiger partial charge in [-0.2, -0.15) is 0 Å². The number of carbonyl (C=O) groups is 1. The lowest BCUT2D eigenvalue weighted by Crippen LogP contribution is -2.33. The summed E-state index contributed by atoms with van der Waals surface area (Å²) in [5, 5.41) is 11.8. The summed E-state index contributed by atoms with van der Waals surface area (Å²) in [6.45, 7) is 10.2. The predicted molar refractivity (Wildman–Crippen MR) is 133 cm³/mol. The van der Waals surface area contributed by atoms with E-state index in [1.54, 1.807) is 6.92 Å². The lowest BCUT2D eigenvalue weighted by atomic mass is 9.99. The number of hydrogen-bond donors (Lipinski definition) is 1. The van der Waals surface area contributed by atoms with E-state index >= 15 is 0 Å². The average Bonchev–Trinajstić information content (AvgIpc) is 2.83. The van der Waals surface area contributed by atoms with Crippen LogP contribution in [-0.2, 0) is 4.79 Å². The quantitative estimate of drug-likeness (QED) is 0.551. The second kappa shape index (κ2) is 10.0. The Balaban J connectivity index is 1.36. The largest absolute Gasteiger partial charge is 0.481 e. The number of carbonyl (C=O) groups excluding carboxylic acids is 1. The molecule has 172 valence electrons. The lowest BCUT2D eigenvalue weighted by molar-refractivity contribution is -0.122. The smallest absolute Gasteiger partial charge is 0.265 e. The Bertz CT molecular complexity index is 1090. The van der Waals surface area contributed by atoms with Gasteiger partial charge in [-0.1, -0.05) is 31.2 Å². The second-order valence-electron chi connectivity index (χ2n) is 8.97. The van der Waals surface area contributed by atoms with Gasteiger partial charge in [0.25, 0.3) is 5.91 Å². The third-order valence-corrected chi connectivity index (χ3v) is 6.43. The third kappa shape index (κ3) is 5.51. The zero-order valence-electron chi connectivity index (χ0n) is 19.8. The standard InChI is InChI=1S/C27H32N4O2/c1-18-14-16-31(17-15-18)26-13-12-24(29-30-26)22-8-10-23(11-9-22)28-27(32)21(4)33-25-7-5-6-19(2)20(25)3/h5-13,18,21H,14-17H2,1-4H3,(H,28,32). The van der Waals surface area contributed by atoms with Gasteiger partial charge in [-0.3, -0.25) is 4.79 Å². The summed E-state index contributed by atoms with van der Waals surface area (Å²) in [6.07, 6.45) is 1.79. The Morgan fingerprint density at radius 3 is 2.42 bits per heavy atom. The van der Waals surface area contributed by atoms with Crippen molar-refractivity contribution >= 4 is 17.4 Å². The summed E-state index contributed by atoms with van der Waals surface area (Å²) in [5.41, 5.74) is 4.67. The van der Waals surface area contributed by atoms with Gasteiger partial charge in [-0.15, -0.1) is 10.2 Å². The molecule has 4 rings (SSSR count). The van der Waals surface area contributed by atoms with E-state index in [4.69, 9.17) is 4.74 Å². The van der Waals surface area contributed by atoms with Gasteiger partial charge in [0.2, 0.25) is 0 Å². The van der Waals surface area contributed by atoms with Gasteiger partial charge in [0.05, 0.1) is 5.69 Å². The van der Waals surface area contributed by atoms with E-state index in [0.717, 1.165) is 53.0 Å². The minimum atomic E-state index is -0.610. The average molecular weight is 445 g/mol. The van der Waals surface area contributed by atoms with Gasteiger partial charge < -0.3 is 15.0 Å². The molecular formula is C27H32N4O2. The highest BCUT2D eigenvalue weighted by Gasteiger charge is 2.18. The fourth-order valence-electron chi connectivity index (χ4n) is 3.95. The number of rotatable bonds is 6. The number of nitrogens with one attached hydrogen (secondary N) is 1. The Labute approximate surface area is 196 Å². The Hall–Kier alpha value is -3.41. The molecule has 2 aromatic carbocycles. The summed E-state index contributed by atoms with van der Waals surface area (Å²) in [7, 11) is 0. The first-order chi connectivity index (χ1) is 15.9. The van der Waals surface area contributed by atoms with Crippen molar-refractivity contribution in [3.8, 4) is 17.0 Å². The number of amides is 1. The topological polar surface area (TPSA) is 67.3 Å². The lowest BCUT2D eigenvalue weighted by Gasteiger charge is -2.30. The maximum Gasteiger partial charge on any atom is 0.265 e. The molecule has 3 aromatic rings. The summed E-state index contributed by atoms with van der Waals surface area (Å²) in [6, 6.07) is 17.5. The van der Waals surface area contributed by atoms with Crippen LogP contribution in [0.15, 0.2) is 54.6 Å². The van der Waals surface area contributed by atoms with Crippen molar-refractivity contribution in [2.75, 3.05) is 23.3 Å². The van der Waals surface area contributed by atoms with Crippen LogP contribution in [0.4, 0.5) is 11.5 Å². The van der Waals surface area contributed by atoms with Crippen molar-refractivity contribution < 1.29 is 9.53 Å². The van der Waals surface area contributed by atoms with Gasteiger partial charge in [0.1, 0.15) is 5.75 Å². The molecule has 0 aliphatic carbocycles. The number of hydrogen-bond acceptors (Lipinski definition) is 5. The van der Waals surface area contributed by atoms with E-state index < -0.39 is 6.10 Å². The van der Waals surface area contributed by atoms with E-state index in [-0.39, 0.29) is 5.91 Å². The summed E-state index contributed by atoms with van der Waals surface area (Å²) >= 11 is 0. The molecule has 1 aliphatic rings. The van der Waals surface area contributed by atoms with Gasteiger partial charge in [0.15, 0.2) is 11.9 Å². The molecule has 1 fully saturated rings. The van der Waals surface area contributed by atoms with Crippen LogP contribution in [0.2, 0.25) is 0 Å². The van der Waals surface area contributed by atoms with Crippen LogP contribution >= 0.6 is 0 Å². The molecular weight excluding hydrogens is 412 g/mol. The van der Waals surface area contributed by atoms with Gasteiger partial charge in [-0.05, 0) is 81.0 Å². The normalized spacial score (nSPS) is 15.2. The van der Waals surface area contributed by atoms with Crippen LogP contribution in [-0.4, -0.2) is 35.3 Å². The van der Waals surface area contributed by atoms with E-state index in [1.165, 1.54) is 12.8 Å². The minimum Gasteiger partial charge on any atom is -0.481 e. The van der Waals surface area contributed by atoms with Crippen LogP contribution in [0.3, 0.4) is 0 Å². The minimum absolute atomic E-state index is 0.191. The van der Waals surface area contributed by atoms with Crippen molar-refractivity contribution in [1.29, 1.82) is 0 Å². The molecule has 1 aliphatic heterocycles. The van der Waals surface area contributed by atoms with E-state index in [0.29, 0.717) is 5.69 Å². The van der Waals surface area contributed by atoms with Crippen molar-refractivity contribution in [3.05, 3.63) is 65.7 Å². The van der Waals surface area contributed by atoms with Crippen LogP contribution in [0.1, 0.15) is 37.8 Å². The Morgan fingerprint density at radius 1 is 1.03 bits per heavy atom. The highest BCUT2D eigenvalue weighted by molar-refractivity contribution is 5.94. The SMILES string of the molecule is Cc1cccc(OC(C)C(=O)Nc2ccc(-c3ccc(N4CCC(C)CC4)nn3)cc2)c1C. The van der Waals surface area contributed by atoms with Gasteiger partial charge in [0, 0.05) is 24.3 Å². The molecule has 6 nitrogen and oxygen atoms in total. The molecule has 1 unspecified atom stereocenters. The van der Waals surface area contributed by atoms with Crippen molar-refractivity contribution in [2.45, 2.75) is 46.6 Å². The zero-order valence-corrected chi connectivity index (χ0v) is 19.8. The molecule has 6 heteroatoms. The zero-order chi connectivity index (χ0) is 23.4. The fourth-order valence-corrected chi connectivity index (χ4v) is 3.95. The molecule has 1 amide bonds. The molecule has 0 radical (unpaired) electrons. The molecule has 33 heavy (non-hydrogen) atoms. The number of aromatic nitrogens is 2. The number of anilines is 2. The number of benzene rings is 2. The summed E-state index contributed by atoms with van der Waals surface area (Å²) in [5.74, 6) is 2.26. The van der Waals surface area contributed by atoms with Crippen LogP contribution in [0.5, 0.6) is 5.75 Å². The fraction of sp³-hybridized carbons (Fsp3) is 0.370. The van der Waals surface area contributed by atoms with Gasteiger partial charge >= 0.3 is 0 Å². The van der Waals surface area contributed by atoms with E-state index in [9.17, 15) is 4.79 Å². The van der Waals surface area contributed by atoms with Crippen molar-refractivity contribution in [2.24, 2.45) is 5.92 Å². The maximum atomic E-state index is 12.6. The first kappa shape index (κ1) is 22.8. The first-order valence-corrected chi connectivity index (χ1v) is 11.6. The predicted octanol–water partition coefficient (Wildman–Crippen LogP) is 5.40. The van der Waals surface area contributed by atoms with Crippen molar-refractivity contribution in [3.63, 3.8) is 0 Å².